The molecule has 5 heteroatoms. The summed E-state index contributed by atoms with van der Waals surface area (Å²) in [7, 11) is 0. The van der Waals surface area contributed by atoms with Crippen molar-refractivity contribution < 1.29 is 9.18 Å². The SMILES string of the molecule is CC1(C)C(=O)N(C2CC(C)(N3CCCCC3)C2)c2cc(Br)c(F)cc21. The van der Waals surface area contributed by atoms with Gasteiger partial charge in [-0.2, -0.15) is 0 Å². The normalized spacial score (nSPS) is 31.8. The highest BCUT2D eigenvalue weighted by Crippen LogP contribution is 2.50. The van der Waals surface area contributed by atoms with Crippen molar-refractivity contribution in [2.45, 2.75) is 69.9 Å². The lowest BCUT2D eigenvalue weighted by molar-refractivity contribution is -0.123. The van der Waals surface area contributed by atoms with Crippen LogP contribution in [-0.2, 0) is 10.2 Å². The molecule has 2 aliphatic heterocycles. The van der Waals surface area contributed by atoms with Crippen LogP contribution in [0.1, 0.15) is 58.4 Å². The van der Waals surface area contributed by atoms with Crippen molar-refractivity contribution in [3.05, 3.63) is 28.0 Å². The first-order valence-corrected chi connectivity index (χ1v) is 10.1. The summed E-state index contributed by atoms with van der Waals surface area (Å²) in [6, 6.07) is 3.53. The zero-order valence-electron chi connectivity index (χ0n) is 15.2. The Bertz CT molecular complexity index is 721. The van der Waals surface area contributed by atoms with Gasteiger partial charge in [-0.3, -0.25) is 9.69 Å². The van der Waals surface area contributed by atoms with Crippen LogP contribution in [0.5, 0.6) is 0 Å². The monoisotopic (exact) mass is 408 g/mol. The summed E-state index contributed by atoms with van der Waals surface area (Å²) in [5.41, 5.74) is 1.24. The molecular weight excluding hydrogens is 383 g/mol. The van der Waals surface area contributed by atoms with Crippen molar-refractivity contribution in [1.29, 1.82) is 0 Å². The number of piperidine rings is 1. The van der Waals surface area contributed by atoms with Gasteiger partial charge in [0.1, 0.15) is 5.82 Å². The van der Waals surface area contributed by atoms with E-state index in [-0.39, 0.29) is 23.3 Å². The van der Waals surface area contributed by atoms with Crippen LogP contribution in [0.2, 0.25) is 0 Å². The minimum Gasteiger partial charge on any atom is -0.308 e. The first-order chi connectivity index (χ1) is 11.7. The Morgan fingerprint density at radius 2 is 1.76 bits per heavy atom. The van der Waals surface area contributed by atoms with Gasteiger partial charge in [-0.25, -0.2) is 4.39 Å². The lowest BCUT2D eigenvalue weighted by Gasteiger charge is -2.55. The molecule has 0 radical (unpaired) electrons. The number of rotatable bonds is 2. The van der Waals surface area contributed by atoms with Crippen molar-refractivity contribution in [2.24, 2.45) is 0 Å². The first kappa shape index (κ1) is 17.5. The highest BCUT2D eigenvalue weighted by molar-refractivity contribution is 9.10. The molecule has 2 heterocycles. The topological polar surface area (TPSA) is 23.6 Å². The molecule has 25 heavy (non-hydrogen) atoms. The Morgan fingerprint density at radius 1 is 1.12 bits per heavy atom. The van der Waals surface area contributed by atoms with Gasteiger partial charge in [0.2, 0.25) is 5.91 Å². The molecule has 1 amide bonds. The summed E-state index contributed by atoms with van der Waals surface area (Å²) in [6.45, 7) is 8.50. The standard InChI is InChI=1S/C20H26BrFN2O/c1-19(2)14-9-16(22)15(21)10-17(14)24(18(19)25)13-11-20(3,12-13)23-7-5-4-6-8-23/h9-10,13H,4-8,11-12H2,1-3H3. The maximum Gasteiger partial charge on any atom is 0.237 e. The van der Waals surface area contributed by atoms with Gasteiger partial charge in [0.05, 0.1) is 9.89 Å². The Labute approximate surface area is 157 Å². The fraction of sp³-hybridized carbons (Fsp3) is 0.650. The van der Waals surface area contributed by atoms with Crippen LogP contribution in [0, 0.1) is 5.82 Å². The molecular formula is C20H26BrFN2O. The van der Waals surface area contributed by atoms with Gasteiger partial charge >= 0.3 is 0 Å². The largest absolute Gasteiger partial charge is 0.308 e. The van der Waals surface area contributed by atoms with E-state index in [2.05, 4.69) is 27.8 Å². The molecule has 0 spiro atoms. The zero-order valence-corrected chi connectivity index (χ0v) is 16.8. The molecule has 0 bridgehead atoms. The summed E-state index contributed by atoms with van der Waals surface area (Å²) in [6.07, 6.45) is 5.91. The molecule has 2 fully saturated rings. The van der Waals surface area contributed by atoms with Crippen LogP contribution in [0.3, 0.4) is 0 Å². The van der Waals surface area contributed by atoms with Crippen molar-refractivity contribution in [3.63, 3.8) is 0 Å². The van der Waals surface area contributed by atoms with E-state index < -0.39 is 5.41 Å². The Kier molecular flexibility index (Phi) is 4.04. The molecule has 1 saturated carbocycles. The van der Waals surface area contributed by atoms with Crippen molar-refractivity contribution in [3.8, 4) is 0 Å². The molecule has 1 aliphatic carbocycles. The van der Waals surface area contributed by atoms with Crippen molar-refractivity contribution >= 4 is 27.5 Å². The second kappa shape index (κ2) is 5.78. The number of carbonyl (C=O) groups excluding carboxylic acids is 1. The highest BCUT2D eigenvalue weighted by Gasteiger charge is 2.54. The molecule has 0 aromatic heterocycles. The first-order valence-electron chi connectivity index (χ1n) is 9.32. The van der Waals surface area contributed by atoms with E-state index in [1.807, 2.05) is 18.7 Å². The second-order valence-electron chi connectivity index (χ2n) is 8.69. The van der Waals surface area contributed by atoms with E-state index in [4.69, 9.17) is 0 Å². The van der Waals surface area contributed by atoms with E-state index in [1.54, 1.807) is 6.07 Å². The number of amides is 1. The van der Waals surface area contributed by atoms with Gasteiger partial charge in [-0.15, -0.1) is 0 Å². The van der Waals surface area contributed by atoms with Crippen LogP contribution in [0.15, 0.2) is 16.6 Å². The molecule has 1 saturated heterocycles. The van der Waals surface area contributed by atoms with Crippen LogP contribution >= 0.6 is 15.9 Å². The predicted molar refractivity (Wildman–Crippen MR) is 101 cm³/mol. The lowest BCUT2D eigenvalue weighted by Crippen LogP contribution is -2.64. The molecule has 0 atom stereocenters. The van der Waals surface area contributed by atoms with Crippen LogP contribution in [0.25, 0.3) is 0 Å². The summed E-state index contributed by atoms with van der Waals surface area (Å²) in [4.78, 5) is 17.7. The lowest BCUT2D eigenvalue weighted by atomic mass is 9.71. The molecule has 0 unspecified atom stereocenters. The highest BCUT2D eigenvalue weighted by atomic mass is 79.9. The fourth-order valence-corrected chi connectivity index (χ4v) is 5.29. The number of nitrogens with zero attached hydrogens (tertiary/aromatic N) is 2. The van der Waals surface area contributed by atoms with Gasteiger partial charge in [0.25, 0.3) is 0 Å². The Morgan fingerprint density at radius 3 is 2.40 bits per heavy atom. The third kappa shape index (κ3) is 2.57. The number of halogens is 2. The third-order valence-electron chi connectivity index (χ3n) is 6.56. The van der Waals surface area contributed by atoms with E-state index in [0.717, 1.165) is 24.1 Å². The molecule has 4 rings (SSSR count). The summed E-state index contributed by atoms with van der Waals surface area (Å²) in [5, 5.41) is 0. The quantitative estimate of drug-likeness (QED) is 0.712. The van der Waals surface area contributed by atoms with E-state index in [0.29, 0.717) is 4.47 Å². The molecule has 0 N–H and O–H groups in total. The second-order valence-corrected chi connectivity index (χ2v) is 9.54. The van der Waals surface area contributed by atoms with Gasteiger partial charge in [-0.05, 0) is 93.2 Å². The number of anilines is 1. The van der Waals surface area contributed by atoms with Crippen molar-refractivity contribution in [1.82, 2.24) is 4.90 Å². The Balaban J connectivity index is 1.60. The van der Waals surface area contributed by atoms with E-state index in [1.165, 1.54) is 38.4 Å². The minimum absolute atomic E-state index is 0.102. The van der Waals surface area contributed by atoms with E-state index >= 15 is 0 Å². The minimum atomic E-state index is -0.659. The maximum absolute atomic E-state index is 14.1. The maximum atomic E-state index is 14.1. The zero-order chi connectivity index (χ0) is 18.0. The van der Waals surface area contributed by atoms with Gasteiger partial charge < -0.3 is 4.90 Å². The number of carbonyl (C=O) groups is 1. The van der Waals surface area contributed by atoms with Crippen LogP contribution < -0.4 is 4.90 Å². The average molecular weight is 409 g/mol. The van der Waals surface area contributed by atoms with Crippen LogP contribution in [-0.4, -0.2) is 35.5 Å². The summed E-state index contributed by atoms with van der Waals surface area (Å²) >= 11 is 3.29. The van der Waals surface area contributed by atoms with Gasteiger partial charge in [0, 0.05) is 17.3 Å². The number of likely N-dealkylation sites (tertiary alicyclic amines) is 1. The molecule has 1 aromatic carbocycles. The molecule has 3 aliphatic rings. The van der Waals surface area contributed by atoms with Crippen molar-refractivity contribution in [2.75, 3.05) is 18.0 Å². The predicted octanol–water partition coefficient (Wildman–Crippen LogP) is 4.62. The number of benzene rings is 1. The van der Waals surface area contributed by atoms with Crippen LogP contribution in [0.4, 0.5) is 10.1 Å². The number of fused-ring (bicyclic) bond motifs is 1. The van der Waals surface area contributed by atoms with E-state index in [9.17, 15) is 9.18 Å². The fourth-order valence-electron chi connectivity index (χ4n) is 4.95. The number of hydrogen-bond donors (Lipinski definition) is 0. The smallest absolute Gasteiger partial charge is 0.237 e. The average Bonchev–Trinajstić information content (AvgIpc) is 2.73. The summed E-state index contributed by atoms with van der Waals surface area (Å²) in [5.74, 6) is -0.195. The molecule has 136 valence electrons. The summed E-state index contributed by atoms with van der Waals surface area (Å²) < 4.78 is 14.5. The molecule has 3 nitrogen and oxygen atoms in total. The Hall–Kier alpha value is -0.940. The third-order valence-corrected chi connectivity index (χ3v) is 7.17. The van der Waals surface area contributed by atoms with Gasteiger partial charge in [-0.1, -0.05) is 6.42 Å². The number of hydrogen-bond acceptors (Lipinski definition) is 2. The van der Waals surface area contributed by atoms with Gasteiger partial charge in [0.15, 0.2) is 0 Å². The molecule has 1 aromatic rings.